The maximum absolute atomic E-state index is 3.72. The van der Waals surface area contributed by atoms with Crippen LogP contribution in [-0.2, 0) is 0 Å². The van der Waals surface area contributed by atoms with Crippen LogP contribution in [0.1, 0.15) is 38.3 Å². The highest BCUT2D eigenvalue weighted by atomic mass is 79.9. The van der Waals surface area contributed by atoms with Gasteiger partial charge in [0.15, 0.2) is 0 Å². The molecule has 0 aliphatic carbocycles. The number of nitrogens with one attached hydrogen (secondary N) is 1. The summed E-state index contributed by atoms with van der Waals surface area (Å²) in [7, 11) is 4.25. The van der Waals surface area contributed by atoms with E-state index in [1.54, 1.807) is 0 Å². The van der Waals surface area contributed by atoms with Crippen molar-refractivity contribution >= 4 is 15.9 Å². The van der Waals surface area contributed by atoms with Gasteiger partial charge in [-0.15, -0.1) is 0 Å². The van der Waals surface area contributed by atoms with Crippen LogP contribution in [0, 0.1) is 0 Å². The van der Waals surface area contributed by atoms with E-state index < -0.39 is 0 Å². The van der Waals surface area contributed by atoms with Crippen LogP contribution in [0.2, 0.25) is 0 Å². The van der Waals surface area contributed by atoms with Gasteiger partial charge >= 0.3 is 0 Å². The largest absolute Gasteiger partial charge is 0.309 e. The summed E-state index contributed by atoms with van der Waals surface area (Å²) in [5, 5.41) is 3.72. The Hall–Kier alpha value is -0.380. The van der Waals surface area contributed by atoms with E-state index in [4.69, 9.17) is 0 Å². The second-order valence-electron chi connectivity index (χ2n) is 5.18. The predicted octanol–water partition coefficient (Wildman–Crippen LogP) is 3.83. The van der Waals surface area contributed by atoms with Gasteiger partial charge in [-0.3, -0.25) is 0 Å². The Kier molecular flexibility index (Phi) is 6.90. The maximum Gasteiger partial charge on any atom is 0.0320 e. The Morgan fingerprint density at radius 2 is 2.06 bits per heavy atom. The molecule has 0 spiro atoms. The van der Waals surface area contributed by atoms with Gasteiger partial charge in [-0.25, -0.2) is 0 Å². The van der Waals surface area contributed by atoms with Crippen LogP contribution < -0.4 is 5.32 Å². The van der Waals surface area contributed by atoms with Crippen molar-refractivity contribution in [3.8, 4) is 0 Å². The van der Waals surface area contributed by atoms with Gasteiger partial charge in [0.25, 0.3) is 0 Å². The molecular weight excluding hydrogens is 288 g/mol. The topological polar surface area (TPSA) is 15.3 Å². The van der Waals surface area contributed by atoms with Crippen molar-refractivity contribution in [3.63, 3.8) is 0 Å². The van der Waals surface area contributed by atoms with Crippen molar-refractivity contribution in [2.75, 3.05) is 20.6 Å². The predicted molar refractivity (Wildman–Crippen MR) is 82.9 cm³/mol. The van der Waals surface area contributed by atoms with E-state index in [0.29, 0.717) is 12.1 Å². The molecule has 102 valence electrons. The second kappa shape index (κ2) is 7.93. The SMILES string of the molecule is CCC(NC(C)CCN(C)C)c1cccc(Br)c1. The summed E-state index contributed by atoms with van der Waals surface area (Å²) < 4.78 is 1.15. The van der Waals surface area contributed by atoms with Crippen LogP contribution in [0.3, 0.4) is 0 Å². The molecule has 18 heavy (non-hydrogen) atoms. The van der Waals surface area contributed by atoms with Gasteiger partial charge in [-0.1, -0.05) is 35.0 Å². The quantitative estimate of drug-likeness (QED) is 0.823. The molecule has 0 heterocycles. The van der Waals surface area contributed by atoms with Crippen LogP contribution in [0.15, 0.2) is 28.7 Å². The molecule has 0 saturated heterocycles. The summed E-state index contributed by atoms with van der Waals surface area (Å²) in [6.07, 6.45) is 2.29. The normalized spacial score (nSPS) is 14.8. The van der Waals surface area contributed by atoms with E-state index in [2.05, 4.69) is 78.4 Å². The first-order valence-electron chi connectivity index (χ1n) is 6.69. The Bertz CT molecular complexity index is 352. The molecule has 0 saturated carbocycles. The molecule has 2 nitrogen and oxygen atoms in total. The van der Waals surface area contributed by atoms with Gasteiger partial charge in [0, 0.05) is 16.6 Å². The molecule has 1 N–H and O–H groups in total. The van der Waals surface area contributed by atoms with E-state index in [-0.39, 0.29) is 0 Å². The number of hydrogen-bond donors (Lipinski definition) is 1. The number of rotatable bonds is 7. The number of benzene rings is 1. The second-order valence-corrected chi connectivity index (χ2v) is 6.09. The fourth-order valence-electron chi connectivity index (χ4n) is 2.05. The van der Waals surface area contributed by atoms with Gasteiger partial charge in [-0.05, 0) is 58.1 Å². The molecule has 1 aromatic carbocycles. The first-order valence-corrected chi connectivity index (χ1v) is 7.48. The standard InChI is InChI=1S/C15H25BrN2/c1-5-15(13-7-6-8-14(16)11-13)17-12(2)9-10-18(3)4/h6-8,11-12,15,17H,5,9-10H2,1-4H3. The minimum Gasteiger partial charge on any atom is -0.309 e. The van der Waals surface area contributed by atoms with Gasteiger partial charge in [0.05, 0.1) is 0 Å². The van der Waals surface area contributed by atoms with Crippen molar-refractivity contribution < 1.29 is 0 Å². The van der Waals surface area contributed by atoms with Crippen molar-refractivity contribution in [3.05, 3.63) is 34.3 Å². The zero-order chi connectivity index (χ0) is 13.5. The van der Waals surface area contributed by atoms with Crippen LogP contribution in [0.4, 0.5) is 0 Å². The highest BCUT2D eigenvalue weighted by molar-refractivity contribution is 9.10. The Morgan fingerprint density at radius 1 is 1.33 bits per heavy atom. The van der Waals surface area contributed by atoms with E-state index in [9.17, 15) is 0 Å². The summed E-state index contributed by atoms with van der Waals surface area (Å²) in [5.74, 6) is 0. The molecule has 1 aromatic rings. The Balaban J connectivity index is 2.56. The Labute approximate surface area is 120 Å². The van der Waals surface area contributed by atoms with Crippen molar-refractivity contribution in [2.45, 2.75) is 38.8 Å². The molecule has 0 fully saturated rings. The molecule has 2 unspecified atom stereocenters. The number of nitrogens with zero attached hydrogens (tertiary/aromatic N) is 1. The van der Waals surface area contributed by atoms with Crippen molar-refractivity contribution in [1.82, 2.24) is 10.2 Å². The lowest BCUT2D eigenvalue weighted by molar-refractivity contribution is 0.347. The lowest BCUT2D eigenvalue weighted by atomic mass is 10.0. The number of hydrogen-bond acceptors (Lipinski definition) is 2. The molecule has 3 heteroatoms. The summed E-state index contributed by atoms with van der Waals surface area (Å²) in [4.78, 5) is 2.23. The molecule has 0 bridgehead atoms. The third-order valence-electron chi connectivity index (χ3n) is 3.15. The zero-order valence-electron chi connectivity index (χ0n) is 11.9. The minimum absolute atomic E-state index is 0.444. The first-order chi connectivity index (χ1) is 8.52. The lowest BCUT2D eigenvalue weighted by Crippen LogP contribution is -2.32. The molecule has 1 rings (SSSR count). The molecule has 0 aromatic heterocycles. The van der Waals surface area contributed by atoms with E-state index in [1.807, 2.05) is 0 Å². The van der Waals surface area contributed by atoms with Crippen LogP contribution in [0.25, 0.3) is 0 Å². The molecule has 0 aliphatic rings. The van der Waals surface area contributed by atoms with E-state index in [1.165, 1.54) is 12.0 Å². The Morgan fingerprint density at radius 3 is 2.61 bits per heavy atom. The molecule has 0 aliphatic heterocycles. The average molecular weight is 313 g/mol. The third-order valence-corrected chi connectivity index (χ3v) is 3.65. The zero-order valence-corrected chi connectivity index (χ0v) is 13.5. The van der Waals surface area contributed by atoms with Crippen molar-refractivity contribution in [1.29, 1.82) is 0 Å². The summed E-state index contributed by atoms with van der Waals surface area (Å²) >= 11 is 3.54. The van der Waals surface area contributed by atoms with Crippen molar-refractivity contribution in [2.24, 2.45) is 0 Å². The summed E-state index contributed by atoms with van der Waals surface area (Å²) in [6, 6.07) is 9.57. The number of halogens is 1. The van der Waals surface area contributed by atoms with Gasteiger partial charge in [0.1, 0.15) is 0 Å². The molecule has 2 atom stereocenters. The van der Waals surface area contributed by atoms with E-state index >= 15 is 0 Å². The highest BCUT2D eigenvalue weighted by Gasteiger charge is 2.12. The maximum atomic E-state index is 3.72. The van der Waals surface area contributed by atoms with Crippen LogP contribution in [-0.4, -0.2) is 31.6 Å². The molecule has 0 amide bonds. The summed E-state index contributed by atoms with van der Waals surface area (Å²) in [5.41, 5.74) is 1.36. The van der Waals surface area contributed by atoms with Crippen LogP contribution in [0.5, 0.6) is 0 Å². The van der Waals surface area contributed by atoms with Gasteiger partial charge in [0.2, 0.25) is 0 Å². The highest BCUT2D eigenvalue weighted by Crippen LogP contribution is 2.21. The van der Waals surface area contributed by atoms with Gasteiger partial charge < -0.3 is 10.2 Å². The smallest absolute Gasteiger partial charge is 0.0320 e. The van der Waals surface area contributed by atoms with Gasteiger partial charge in [-0.2, -0.15) is 0 Å². The fraction of sp³-hybridized carbons (Fsp3) is 0.600. The third kappa shape index (κ3) is 5.51. The summed E-state index contributed by atoms with van der Waals surface area (Å²) in [6.45, 7) is 5.63. The molecule has 0 radical (unpaired) electrons. The van der Waals surface area contributed by atoms with Crippen LogP contribution >= 0.6 is 15.9 Å². The average Bonchev–Trinajstić information content (AvgIpc) is 2.33. The van der Waals surface area contributed by atoms with E-state index in [0.717, 1.165) is 17.4 Å². The minimum atomic E-state index is 0.444. The fourth-order valence-corrected chi connectivity index (χ4v) is 2.47. The molecular formula is C15H25BrN2. The first kappa shape index (κ1) is 15.7. The monoisotopic (exact) mass is 312 g/mol. The lowest BCUT2D eigenvalue weighted by Gasteiger charge is -2.24.